The van der Waals surface area contributed by atoms with E-state index in [4.69, 9.17) is 22.1 Å². The zero-order valence-electron chi connectivity index (χ0n) is 17.7. The van der Waals surface area contributed by atoms with Gasteiger partial charge in [0, 0.05) is 23.9 Å². The number of thioether (sulfide) groups is 1. The van der Waals surface area contributed by atoms with E-state index < -0.39 is 0 Å². The van der Waals surface area contributed by atoms with Crippen molar-refractivity contribution < 1.29 is 9.53 Å². The van der Waals surface area contributed by atoms with Crippen LogP contribution in [0.3, 0.4) is 0 Å². The fourth-order valence-electron chi connectivity index (χ4n) is 3.35. The Morgan fingerprint density at radius 1 is 1.16 bits per heavy atom. The zero-order chi connectivity index (χ0) is 22.5. The molecule has 1 amide bonds. The number of thiocarbonyl (C=S) groups is 1. The highest BCUT2D eigenvalue weighted by atomic mass is 32.2. The van der Waals surface area contributed by atoms with Crippen LogP contribution in [0.4, 0.5) is 0 Å². The summed E-state index contributed by atoms with van der Waals surface area (Å²) in [5, 5.41) is 4.83. The van der Waals surface area contributed by atoms with E-state index in [1.165, 1.54) is 11.8 Å². The molecule has 0 atom stereocenters. The van der Waals surface area contributed by atoms with Crippen molar-refractivity contribution in [3.05, 3.63) is 83.9 Å². The van der Waals surface area contributed by atoms with Crippen LogP contribution in [-0.2, 0) is 4.79 Å². The van der Waals surface area contributed by atoms with Gasteiger partial charge < -0.3 is 4.74 Å². The van der Waals surface area contributed by atoms with E-state index in [-0.39, 0.29) is 5.91 Å². The molecule has 0 aliphatic carbocycles. The molecule has 0 N–H and O–H groups in total. The molecule has 0 bridgehead atoms. The number of carbonyl (C=O) groups is 1. The molecule has 0 radical (unpaired) electrons. The third-order valence-electron chi connectivity index (χ3n) is 4.87. The molecule has 1 aliphatic rings. The van der Waals surface area contributed by atoms with E-state index in [9.17, 15) is 4.79 Å². The third kappa shape index (κ3) is 4.69. The highest BCUT2D eigenvalue weighted by molar-refractivity contribution is 8.26. The lowest BCUT2D eigenvalue weighted by atomic mass is 10.1. The molecule has 4 rings (SSSR count). The topological polar surface area (TPSA) is 47.4 Å². The smallest absolute Gasteiger partial charge is 0.266 e. The maximum Gasteiger partial charge on any atom is 0.266 e. The molecule has 1 aromatic heterocycles. The van der Waals surface area contributed by atoms with Crippen molar-refractivity contribution in [2.75, 3.05) is 13.2 Å². The molecule has 5 nitrogen and oxygen atoms in total. The lowest BCUT2D eigenvalue weighted by Crippen LogP contribution is -2.28. The summed E-state index contributed by atoms with van der Waals surface area (Å²) in [6.45, 7) is 6.79. The Morgan fingerprint density at radius 3 is 2.59 bits per heavy atom. The minimum Gasteiger partial charge on any atom is -0.490 e. The van der Waals surface area contributed by atoms with Crippen LogP contribution in [0, 0.1) is 0 Å². The average molecular weight is 462 g/mol. The van der Waals surface area contributed by atoms with Gasteiger partial charge in [-0.15, -0.1) is 0 Å². The maximum atomic E-state index is 12.9. The molecule has 1 aliphatic heterocycles. The average Bonchev–Trinajstić information content (AvgIpc) is 3.35. The molecule has 32 heavy (non-hydrogen) atoms. The summed E-state index contributed by atoms with van der Waals surface area (Å²) in [6, 6.07) is 17.6. The van der Waals surface area contributed by atoms with E-state index in [2.05, 4.69) is 6.58 Å². The summed E-state index contributed by atoms with van der Waals surface area (Å²) in [5.41, 5.74) is 3.51. The summed E-state index contributed by atoms with van der Waals surface area (Å²) < 4.78 is 8.03. The second-order valence-electron chi connectivity index (χ2n) is 7.17. The van der Waals surface area contributed by atoms with Crippen LogP contribution < -0.4 is 4.74 Å². The minimum absolute atomic E-state index is 0.0477. The molecule has 2 aromatic carbocycles. The summed E-state index contributed by atoms with van der Waals surface area (Å²) in [7, 11) is 0. The summed E-state index contributed by atoms with van der Waals surface area (Å²) in [4.78, 5) is 15.2. The normalized spacial score (nSPS) is 14.9. The SMILES string of the molecule is C=CCOc1ccc(-c2nn(-c3ccccc3)cc2C=C2SC(=S)N(CCC)C2=O)cc1. The molecular formula is C25H23N3O2S2. The lowest BCUT2D eigenvalue weighted by Gasteiger charge is -2.11. The largest absolute Gasteiger partial charge is 0.490 e. The number of aromatic nitrogens is 2. The number of rotatable bonds is 8. The minimum atomic E-state index is -0.0477. The van der Waals surface area contributed by atoms with Gasteiger partial charge in [0.15, 0.2) is 0 Å². The second-order valence-corrected chi connectivity index (χ2v) is 8.85. The van der Waals surface area contributed by atoms with Crippen molar-refractivity contribution in [2.45, 2.75) is 13.3 Å². The van der Waals surface area contributed by atoms with Crippen LogP contribution in [0.2, 0.25) is 0 Å². The first kappa shape index (κ1) is 22.0. The van der Waals surface area contributed by atoms with E-state index in [0.717, 1.165) is 34.7 Å². The molecule has 7 heteroatoms. The fraction of sp³-hybridized carbons (Fsp3) is 0.160. The monoisotopic (exact) mass is 461 g/mol. The Hall–Kier alpha value is -3.16. The molecule has 0 saturated carbocycles. The van der Waals surface area contributed by atoms with Gasteiger partial charge in [-0.1, -0.05) is 61.8 Å². The number of nitrogens with zero attached hydrogens (tertiary/aromatic N) is 3. The number of benzene rings is 2. The van der Waals surface area contributed by atoms with Crippen LogP contribution in [-0.4, -0.2) is 38.1 Å². The van der Waals surface area contributed by atoms with Crippen LogP contribution in [0.5, 0.6) is 5.75 Å². The quantitative estimate of drug-likeness (QED) is 0.244. The van der Waals surface area contributed by atoms with Crippen LogP contribution in [0.15, 0.2) is 78.4 Å². The second kappa shape index (κ2) is 9.97. The zero-order valence-corrected chi connectivity index (χ0v) is 19.4. The van der Waals surface area contributed by atoms with Crippen molar-refractivity contribution in [1.82, 2.24) is 14.7 Å². The van der Waals surface area contributed by atoms with Crippen LogP contribution in [0.1, 0.15) is 18.9 Å². The molecule has 3 aromatic rings. The molecule has 0 unspecified atom stereocenters. The van der Waals surface area contributed by atoms with Gasteiger partial charge in [-0.3, -0.25) is 9.69 Å². The fourth-order valence-corrected chi connectivity index (χ4v) is 4.65. The molecule has 1 fully saturated rings. The van der Waals surface area contributed by atoms with Crippen LogP contribution in [0.25, 0.3) is 23.0 Å². The molecule has 0 spiro atoms. The maximum absolute atomic E-state index is 12.9. The Balaban J connectivity index is 1.74. The van der Waals surface area contributed by atoms with Gasteiger partial charge >= 0.3 is 0 Å². The van der Waals surface area contributed by atoms with Crippen molar-refractivity contribution in [1.29, 1.82) is 0 Å². The van der Waals surface area contributed by atoms with Crippen LogP contribution >= 0.6 is 24.0 Å². The summed E-state index contributed by atoms with van der Waals surface area (Å²) in [6.07, 6.45) is 6.40. The van der Waals surface area contributed by atoms with Gasteiger partial charge in [0.25, 0.3) is 5.91 Å². The first-order valence-corrected chi connectivity index (χ1v) is 11.6. The van der Waals surface area contributed by atoms with E-state index in [1.807, 2.05) is 78.5 Å². The molecular weight excluding hydrogens is 438 g/mol. The van der Waals surface area contributed by atoms with Gasteiger partial charge in [0.05, 0.1) is 16.3 Å². The van der Waals surface area contributed by atoms with Crippen molar-refractivity contribution in [2.24, 2.45) is 0 Å². The number of hydrogen-bond acceptors (Lipinski definition) is 5. The van der Waals surface area contributed by atoms with Gasteiger partial charge in [-0.25, -0.2) is 4.68 Å². The number of hydrogen-bond donors (Lipinski definition) is 0. The number of para-hydroxylation sites is 1. The Morgan fingerprint density at radius 2 is 1.91 bits per heavy atom. The summed E-state index contributed by atoms with van der Waals surface area (Å²) in [5.74, 6) is 0.714. The van der Waals surface area contributed by atoms with E-state index >= 15 is 0 Å². The Kier molecular flexibility index (Phi) is 6.87. The van der Waals surface area contributed by atoms with Gasteiger partial charge in [-0.2, -0.15) is 5.10 Å². The first-order valence-electron chi connectivity index (χ1n) is 10.3. The molecule has 1 saturated heterocycles. The first-order chi connectivity index (χ1) is 15.6. The van der Waals surface area contributed by atoms with E-state index in [0.29, 0.717) is 22.4 Å². The van der Waals surface area contributed by atoms with Crippen molar-refractivity contribution in [3.63, 3.8) is 0 Å². The van der Waals surface area contributed by atoms with Gasteiger partial charge in [0.1, 0.15) is 16.7 Å². The van der Waals surface area contributed by atoms with Crippen molar-refractivity contribution in [3.8, 4) is 22.7 Å². The van der Waals surface area contributed by atoms with Gasteiger partial charge in [0.2, 0.25) is 0 Å². The highest BCUT2D eigenvalue weighted by Crippen LogP contribution is 2.35. The standard InChI is InChI=1S/C25H23N3O2S2/c1-3-14-27-24(29)22(32-25(27)31)16-19-17-28(20-8-6-5-7-9-20)26-23(19)18-10-12-21(13-11-18)30-15-4-2/h4-13,16-17H,2-3,14-15H2,1H3. The van der Waals surface area contributed by atoms with Crippen molar-refractivity contribution >= 4 is 40.3 Å². The molecule has 2 heterocycles. The number of ether oxygens (including phenoxy) is 1. The number of amides is 1. The number of carbonyl (C=O) groups excluding carboxylic acids is 1. The predicted molar refractivity (Wildman–Crippen MR) is 135 cm³/mol. The highest BCUT2D eigenvalue weighted by Gasteiger charge is 2.31. The lowest BCUT2D eigenvalue weighted by molar-refractivity contribution is -0.122. The predicted octanol–water partition coefficient (Wildman–Crippen LogP) is 5.72. The Labute approximate surface area is 197 Å². The third-order valence-corrected chi connectivity index (χ3v) is 6.24. The van der Waals surface area contributed by atoms with Gasteiger partial charge in [-0.05, 0) is 48.9 Å². The Bertz CT molecular complexity index is 1170. The van der Waals surface area contributed by atoms with E-state index in [1.54, 1.807) is 11.0 Å². The molecule has 162 valence electrons. The summed E-state index contributed by atoms with van der Waals surface area (Å²) >= 11 is 6.76.